The first kappa shape index (κ1) is 54.8. The van der Waals surface area contributed by atoms with Gasteiger partial charge in [0, 0.05) is 19.3 Å². The molecule has 330 valence electrons. The van der Waals surface area contributed by atoms with Crippen molar-refractivity contribution in [1.82, 2.24) is 0 Å². The van der Waals surface area contributed by atoms with Crippen molar-refractivity contribution in [2.75, 3.05) is 13.2 Å². The molecule has 0 rings (SSSR count). The SMILES string of the molecule is CC/C=C/C=C/C=C/C=C/CCCCCC(=O)OCC(COC(=O)CCCCCCCC/C=C/C=C/CCCCC)OC(=O)CCCCC/C=C/C=C/C=C/C=C/CC. The smallest absolute Gasteiger partial charge is 0.306 e. The molecule has 1 unspecified atom stereocenters. The van der Waals surface area contributed by atoms with Crippen molar-refractivity contribution in [3.63, 3.8) is 0 Å². The molecule has 0 saturated heterocycles. The fourth-order valence-electron chi connectivity index (χ4n) is 5.69. The Labute approximate surface area is 361 Å². The molecule has 1 atom stereocenters. The second kappa shape index (κ2) is 46.5. The average Bonchev–Trinajstić information content (AvgIpc) is 3.23. The van der Waals surface area contributed by atoms with Crippen molar-refractivity contribution >= 4 is 17.9 Å². The third kappa shape index (κ3) is 44.8. The quantitative estimate of drug-likeness (QED) is 0.0266. The Morgan fingerprint density at radius 3 is 1.07 bits per heavy atom. The Kier molecular flexibility index (Phi) is 43.2. The van der Waals surface area contributed by atoms with Crippen LogP contribution in [0.3, 0.4) is 0 Å². The lowest BCUT2D eigenvalue weighted by molar-refractivity contribution is -0.167. The molecule has 0 amide bonds. The van der Waals surface area contributed by atoms with Gasteiger partial charge >= 0.3 is 17.9 Å². The highest BCUT2D eigenvalue weighted by Gasteiger charge is 2.19. The Morgan fingerprint density at radius 2 is 0.661 bits per heavy atom. The van der Waals surface area contributed by atoms with E-state index in [1.165, 1.54) is 38.5 Å². The van der Waals surface area contributed by atoms with Crippen molar-refractivity contribution in [3.8, 4) is 0 Å². The standard InChI is InChI=1S/C53H82O6/c1-4-7-10-13-16-19-22-25-26-29-31-34-37-40-43-46-52(55)58-49-50(59-53(56)47-44-41-38-35-32-28-24-21-18-15-12-9-6-3)48-57-51(54)45-42-39-36-33-30-27-23-20-17-14-11-8-5-2/h8-9,11-12,14-25,27-28,30,32,50H,4-7,10,13,26,29,31,33-49H2,1-3H3/b11-8+,12-9+,17-14+,18-15+,19-16+,23-20+,24-21+,25-22+,30-27+,32-28+. The summed E-state index contributed by atoms with van der Waals surface area (Å²) in [5, 5.41) is 0. The van der Waals surface area contributed by atoms with Gasteiger partial charge in [0.1, 0.15) is 13.2 Å². The Morgan fingerprint density at radius 1 is 0.356 bits per heavy atom. The van der Waals surface area contributed by atoms with E-state index in [2.05, 4.69) is 69.4 Å². The maximum absolute atomic E-state index is 12.7. The van der Waals surface area contributed by atoms with Crippen LogP contribution in [0.2, 0.25) is 0 Å². The van der Waals surface area contributed by atoms with Crippen molar-refractivity contribution in [1.29, 1.82) is 0 Å². The molecular formula is C53H82O6. The second-order valence-electron chi connectivity index (χ2n) is 14.8. The lowest BCUT2D eigenvalue weighted by Crippen LogP contribution is -2.30. The van der Waals surface area contributed by atoms with Crippen LogP contribution in [0.1, 0.15) is 175 Å². The first-order valence-corrected chi connectivity index (χ1v) is 23.2. The fraction of sp³-hybridized carbons (Fsp3) is 0.566. The molecule has 0 heterocycles. The predicted molar refractivity (Wildman–Crippen MR) is 251 cm³/mol. The highest BCUT2D eigenvalue weighted by molar-refractivity contribution is 5.71. The number of carbonyl (C=O) groups is 3. The van der Waals surface area contributed by atoms with E-state index in [9.17, 15) is 14.4 Å². The van der Waals surface area contributed by atoms with Gasteiger partial charge in [-0.1, -0.05) is 194 Å². The van der Waals surface area contributed by atoms with E-state index in [0.717, 1.165) is 89.9 Å². The van der Waals surface area contributed by atoms with Crippen LogP contribution in [0.5, 0.6) is 0 Å². The number of hydrogen-bond donors (Lipinski definition) is 0. The highest BCUT2D eigenvalue weighted by atomic mass is 16.6. The summed E-state index contributed by atoms with van der Waals surface area (Å²) < 4.78 is 16.6. The lowest BCUT2D eigenvalue weighted by atomic mass is 10.1. The largest absolute Gasteiger partial charge is 0.462 e. The maximum atomic E-state index is 12.7. The number of hydrogen-bond acceptors (Lipinski definition) is 6. The van der Waals surface area contributed by atoms with Gasteiger partial charge in [-0.25, -0.2) is 0 Å². The van der Waals surface area contributed by atoms with Crippen molar-refractivity contribution in [2.24, 2.45) is 0 Å². The van der Waals surface area contributed by atoms with Crippen LogP contribution in [0, 0.1) is 0 Å². The summed E-state index contributed by atoms with van der Waals surface area (Å²) in [6.45, 7) is 6.21. The third-order valence-corrected chi connectivity index (χ3v) is 9.15. The Bertz CT molecular complexity index is 1300. The molecule has 6 heteroatoms. The van der Waals surface area contributed by atoms with Crippen molar-refractivity contribution in [3.05, 3.63) is 122 Å². The van der Waals surface area contributed by atoms with E-state index >= 15 is 0 Å². The minimum atomic E-state index is -0.821. The molecule has 0 aliphatic heterocycles. The minimum absolute atomic E-state index is 0.117. The van der Waals surface area contributed by atoms with Crippen LogP contribution < -0.4 is 0 Å². The highest BCUT2D eigenvalue weighted by Crippen LogP contribution is 2.12. The molecule has 0 bridgehead atoms. The van der Waals surface area contributed by atoms with Crippen LogP contribution >= 0.6 is 0 Å². The molecule has 0 aromatic heterocycles. The first-order chi connectivity index (χ1) is 29.0. The average molecular weight is 815 g/mol. The molecule has 0 aromatic rings. The Hall–Kier alpha value is -4.19. The Balaban J connectivity index is 4.56. The van der Waals surface area contributed by atoms with E-state index in [4.69, 9.17) is 14.2 Å². The molecule has 0 N–H and O–H groups in total. The van der Waals surface area contributed by atoms with E-state index in [1.807, 2.05) is 72.9 Å². The molecule has 0 aliphatic rings. The number of esters is 3. The van der Waals surface area contributed by atoms with Crippen LogP contribution in [0.4, 0.5) is 0 Å². The normalized spacial score (nSPS) is 13.2. The van der Waals surface area contributed by atoms with Gasteiger partial charge in [-0.3, -0.25) is 14.4 Å². The molecular weight excluding hydrogens is 733 g/mol. The number of ether oxygens (including phenoxy) is 3. The summed E-state index contributed by atoms with van der Waals surface area (Å²) in [6.07, 6.45) is 63.2. The van der Waals surface area contributed by atoms with Gasteiger partial charge in [0.05, 0.1) is 0 Å². The summed E-state index contributed by atoms with van der Waals surface area (Å²) in [4.78, 5) is 37.8. The molecule has 59 heavy (non-hydrogen) atoms. The fourth-order valence-corrected chi connectivity index (χ4v) is 5.69. The molecule has 0 fully saturated rings. The van der Waals surface area contributed by atoms with Gasteiger partial charge in [0.15, 0.2) is 6.10 Å². The van der Waals surface area contributed by atoms with Crippen molar-refractivity contribution < 1.29 is 28.6 Å². The summed E-state index contributed by atoms with van der Waals surface area (Å²) in [7, 11) is 0. The second-order valence-corrected chi connectivity index (χ2v) is 14.8. The third-order valence-electron chi connectivity index (χ3n) is 9.15. The zero-order valence-electron chi connectivity index (χ0n) is 37.5. The van der Waals surface area contributed by atoms with E-state index in [-0.39, 0.29) is 37.5 Å². The summed E-state index contributed by atoms with van der Waals surface area (Å²) in [5.41, 5.74) is 0. The zero-order chi connectivity index (χ0) is 43.0. The van der Waals surface area contributed by atoms with Gasteiger partial charge in [0.2, 0.25) is 0 Å². The predicted octanol–water partition coefficient (Wildman–Crippen LogP) is 15.0. The zero-order valence-corrected chi connectivity index (χ0v) is 37.5. The topological polar surface area (TPSA) is 78.9 Å². The van der Waals surface area contributed by atoms with Gasteiger partial charge in [0.25, 0.3) is 0 Å². The molecule has 6 nitrogen and oxygen atoms in total. The number of carbonyl (C=O) groups excluding carboxylic acids is 3. The van der Waals surface area contributed by atoms with Gasteiger partial charge in [-0.2, -0.15) is 0 Å². The van der Waals surface area contributed by atoms with E-state index < -0.39 is 6.10 Å². The minimum Gasteiger partial charge on any atom is -0.462 e. The summed E-state index contributed by atoms with van der Waals surface area (Å²) in [6, 6.07) is 0. The van der Waals surface area contributed by atoms with Gasteiger partial charge < -0.3 is 14.2 Å². The number of allylic oxidation sites excluding steroid dienone is 20. The van der Waals surface area contributed by atoms with E-state index in [1.54, 1.807) is 0 Å². The van der Waals surface area contributed by atoms with Crippen molar-refractivity contribution in [2.45, 2.75) is 181 Å². The molecule has 0 aromatic carbocycles. The van der Waals surface area contributed by atoms with Crippen LogP contribution in [0.25, 0.3) is 0 Å². The van der Waals surface area contributed by atoms with Crippen LogP contribution in [0.15, 0.2) is 122 Å². The van der Waals surface area contributed by atoms with Crippen LogP contribution in [-0.2, 0) is 28.6 Å². The number of unbranched alkanes of at least 4 members (excludes halogenated alkanes) is 15. The summed E-state index contributed by atoms with van der Waals surface area (Å²) in [5.74, 6) is -1.02. The monoisotopic (exact) mass is 815 g/mol. The summed E-state index contributed by atoms with van der Waals surface area (Å²) >= 11 is 0. The van der Waals surface area contributed by atoms with E-state index in [0.29, 0.717) is 19.3 Å². The number of rotatable bonds is 39. The van der Waals surface area contributed by atoms with Crippen LogP contribution in [-0.4, -0.2) is 37.2 Å². The molecule has 0 aliphatic carbocycles. The lowest BCUT2D eigenvalue weighted by Gasteiger charge is -2.18. The molecule has 0 saturated carbocycles. The molecule has 0 spiro atoms. The first-order valence-electron chi connectivity index (χ1n) is 23.2. The van der Waals surface area contributed by atoms with Gasteiger partial charge in [-0.05, 0) is 83.5 Å². The van der Waals surface area contributed by atoms with Gasteiger partial charge in [-0.15, -0.1) is 0 Å². The maximum Gasteiger partial charge on any atom is 0.306 e. The molecule has 0 radical (unpaired) electrons.